The molecule has 1 aliphatic heterocycles. The van der Waals surface area contributed by atoms with E-state index in [0.29, 0.717) is 6.04 Å². The van der Waals surface area contributed by atoms with E-state index in [1.165, 1.54) is 31.4 Å². The molecule has 2 aromatic carbocycles. The summed E-state index contributed by atoms with van der Waals surface area (Å²) >= 11 is 0. The Kier molecular flexibility index (Phi) is 5.33. The lowest BCUT2D eigenvalue weighted by Gasteiger charge is -2.35. The molecular weight excluding hydrogens is 318 g/mol. The van der Waals surface area contributed by atoms with Crippen LogP contribution < -0.4 is 0 Å². The number of rotatable bonds is 4. The molecule has 0 spiro atoms. The molecule has 1 fully saturated rings. The number of hydrogen-bond acceptors (Lipinski definition) is 2. The number of aromatic nitrogens is 2. The number of hydrogen-bond donors (Lipinski definition) is 1. The fraction of sp³-hybridized carbons (Fsp3) is 0.348. The molecule has 0 saturated carbocycles. The van der Waals surface area contributed by atoms with Crippen molar-refractivity contribution in [3.63, 3.8) is 0 Å². The topological polar surface area (TPSA) is 31.9 Å². The Labute approximate surface area is 155 Å². The third-order valence-corrected chi connectivity index (χ3v) is 5.26. The Bertz CT molecular complexity index is 901. The Hall–Kier alpha value is -2.57. The molecule has 3 nitrogen and oxygen atoms in total. The van der Waals surface area contributed by atoms with Crippen LogP contribution >= 0.6 is 0 Å². The van der Waals surface area contributed by atoms with Gasteiger partial charge in [0.25, 0.3) is 0 Å². The molecule has 0 radical (unpaired) electrons. The number of fused-ring (bicyclic) bond motifs is 1. The average molecular weight is 343 g/mol. The van der Waals surface area contributed by atoms with Crippen LogP contribution in [-0.2, 0) is 6.42 Å². The van der Waals surface area contributed by atoms with Crippen molar-refractivity contribution in [2.24, 2.45) is 0 Å². The number of likely N-dealkylation sites (tertiary alicyclic amines) is 1. The number of aromatic amines is 1. The van der Waals surface area contributed by atoms with Crippen LogP contribution in [0.1, 0.15) is 36.8 Å². The Balaban J connectivity index is 1.35. The van der Waals surface area contributed by atoms with E-state index in [4.69, 9.17) is 0 Å². The van der Waals surface area contributed by atoms with Crippen molar-refractivity contribution in [3.05, 3.63) is 65.9 Å². The van der Waals surface area contributed by atoms with Crippen LogP contribution in [0.5, 0.6) is 0 Å². The summed E-state index contributed by atoms with van der Waals surface area (Å²) in [7, 11) is 0. The lowest BCUT2D eigenvalue weighted by atomic mass is 9.95. The largest absolute Gasteiger partial charge is 0.299 e. The second-order valence-corrected chi connectivity index (χ2v) is 7.10. The Morgan fingerprint density at radius 2 is 2.04 bits per heavy atom. The van der Waals surface area contributed by atoms with Crippen molar-refractivity contribution >= 4 is 10.9 Å². The molecule has 1 saturated heterocycles. The van der Waals surface area contributed by atoms with Gasteiger partial charge >= 0.3 is 0 Å². The van der Waals surface area contributed by atoms with Gasteiger partial charge in [0.05, 0.1) is 11.7 Å². The first-order chi connectivity index (χ1) is 12.9. The third kappa shape index (κ3) is 4.15. The molecule has 1 aromatic heterocycles. The van der Waals surface area contributed by atoms with E-state index < -0.39 is 0 Å². The number of piperidine rings is 1. The van der Waals surface area contributed by atoms with E-state index in [1.807, 2.05) is 12.3 Å². The summed E-state index contributed by atoms with van der Waals surface area (Å²) in [6.07, 6.45) is 7.91. The molecule has 2 heterocycles. The average Bonchev–Trinajstić information content (AvgIpc) is 3.15. The number of nitrogens with zero attached hydrogens (tertiary/aromatic N) is 2. The van der Waals surface area contributed by atoms with Crippen molar-refractivity contribution in [1.82, 2.24) is 15.1 Å². The normalized spacial score (nSPS) is 17.8. The van der Waals surface area contributed by atoms with Gasteiger partial charge in [-0.1, -0.05) is 48.6 Å². The lowest BCUT2D eigenvalue weighted by Crippen LogP contribution is -2.41. The molecule has 1 N–H and O–H groups in total. The highest BCUT2D eigenvalue weighted by molar-refractivity contribution is 5.79. The van der Waals surface area contributed by atoms with Gasteiger partial charge in [0.15, 0.2) is 0 Å². The maximum atomic E-state index is 4.06. The minimum absolute atomic E-state index is 0.662. The monoisotopic (exact) mass is 343 g/mol. The van der Waals surface area contributed by atoms with E-state index in [2.05, 4.69) is 69.4 Å². The first-order valence-electron chi connectivity index (χ1n) is 9.58. The molecule has 0 bridgehead atoms. The number of H-pyrrole nitrogens is 1. The molecule has 1 aliphatic rings. The fourth-order valence-corrected chi connectivity index (χ4v) is 3.86. The predicted octanol–water partition coefficient (Wildman–Crippen LogP) is 4.40. The molecule has 0 aliphatic carbocycles. The van der Waals surface area contributed by atoms with Gasteiger partial charge in [0.1, 0.15) is 0 Å². The zero-order valence-electron chi connectivity index (χ0n) is 15.1. The first kappa shape index (κ1) is 16.9. The second kappa shape index (κ2) is 8.21. The van der Waals surface area contributed by atoms with Crippen molar-refractivity contribution in [2.75, 3.05) is 13.1 Å². The Morgan fingerprint density at radius 3 is 2.96 bits per heavy atom. The lowest BCUT2D eigenvalue weighted by molar-refractivity contribution is 0.151. The highest BCUT2D eigenvalue weighted by Gasteiger charge is 2.21. The summed E-state index contributed by atoms with van der Waals surface area (Å²) in [6.45, 7) is 2.28. The summed E-state index contributed by atoms with van der Waals surface area (Å²) in [5.41, 5.74) is 3.58. The summed E-state index contributed by atoms with van der Waals surface area (Å²) < 4.78 is 0. The van der Waals surface area contributed by atoms with Gasteiger partial charge in [-0.05, 0) is 49.6 Å². The van der Waals surface area contributed by atoms with Gasteiger partial charge in [0, 0.05) is 30.0 Å². The van der Waals surface area contributed by atoms with Crippen molar-refractivity contribution in [1.29, 1.82) is 0 Å². The maximum Gasteiger partial charge on any atom is 0.0651 e. The number of benzene rings is 2. The molecule has 1 atom stereocenters. The highest BCUT2D eigenvalue weighted by atomic mass is 15.2. The standard InChI is InChI=1S/C23H25N3/c1-2-8-19(9-3-1)17-22-11-5-7-15-26(22)14-6-4-10-20-12-13-23-21(16-20)18-24-25-23/h1-3,8-9,12-13,16,18,22H,5-7,11,14-15,17H2,(H,24,25). The van der Waals surface area contributed by atoms with Crippen LogP contribution in [0.2, 0.25) is 0 Å². The molecule has 3 heteroatoms. The summed E-state index contributed by atoms with van der Waals surface area (Å²) in [4.78, 5) is 2.64. The summed E-state index contributed by atoms with van der Waals surface area (Å²) in [5, 5.41) is 8.16. The highest BCUT2D eigenvalue weighted by Crippen LogP contribution is 2.21. The van der Waals surface area contributed by atoms with E-state index in [1.54, 1.807) is 0 Å². The molecular formula is C23H25N3. The van der Waals surface area contributed by atoms with Crippen LogP contribution in [0.3, 0.4) is 0 Å². The minimum atomic E-state index is 0.662. The van der Waals surface area contributed by atoms with Gasteiger partial charge < -0.3 is 0 Å². The van der Waals surface area contributed by atoms with Crippen molar-refractivity contribution in [3.8, 4) is 11.8 Å². The number of nitrogens with one attached hydrogen (secondary N) is 1. The smallest absolute Gasteiger partial charge is 0.0651 e. The van der Waals surface area contributed by atoms with Crippen molar-refractivity contribution < 1.29 is 0 Å². The van der Waals surface area contributed by atoms with E-state index >= 15 is 0 Å². The molecule has 3 aromatic rings. The quantitative estimate of drug-likeness (QED) is 0.712. The van der Waals surface area contributed by atoms with Crippen LogP contribution in [0.25, 0.3) is 10.9 Å². The third-order valence-electron chi connectivity index (χ3n) is 5.26. The van der Waals surface area contributed by atoms with Crippen molar-refractivity contribution in [2.45, 2.75) is 38.1 Å². The van der Waals surface area contributed by atoms with Gasteiger partial charge in [-0.15, -0.1) is 0 Å². The van der Waals surface area contributed by atoms with Crippen LogP contribution in [0.15, 0.2) is 54.7 Å². The molecule has 4 rings (SSSR count). The molecule has 26 heavy (non-hydrogen) atoms. The van der Waals surface area contributed by atoms with E-state index in [9.17, 15) is 0 Å². The maximum absolute atomic E-state index is 4.06. The van der Waals surface area contributed by atoms with Gasteiger partial charge in [-0.3, -0.25) is 10.00 Å². The fourth-order valence-electron chi connectivity index (χ4n) is 3.86. The minimum Gasteiger partial charge on any atom is -0.299 e. The van der Waals surface area contributed by atoms with Gasteiger partial charge in [0.2, 0.25) is 0 Å². The van der Waals surface area contributed by atoms with Gasteiger partial charge in [-0.25, -0.2) is 0 Å². The van der Waals surface area contributed by atoms with E-state index in [0.717, 1.165) is 35.9 Å². The summed E-state index contributed by atoms with van der Waals surface area (Å²) in [5.74, 6) is 6.68. The van der Waals surface area contributed by atoms with E-state index in [-0.39, 0.29) is 0 Å². The SMILES string of the molecule is C(#Cc1ccc2[nH]ncc2c1)CCN1CCCCC1Cc1ccccc1. The van der Waals surface area contributed by atoms with Crippen LogP contribution in [-0.4, -0.2) is 34.2 Å². The second-order valence-electron chi connectivity index (χ2n) is 7.10. The van der Waals surface area contributed by atoms with Crippen LogP contribution in [0, 0.1) is 11.8 Å². The van der Waals surface area contributed by atoms with Crippen LogP contribution in [0.4, 0.5) is 0 Å². The summed E-state index contributed by atoms with van der Waals surface area (Å²) in [6, 6.07) is 17.8. The molecule has 0 amide bonds. The Morgan fingerprint density at radius 1 is 1.12 bits per heavy atom. The zero-order valence-corrected chi connectivity index (χ0v) is 15.1. The molecule has 1 unspecified atom stereocenters. The zero-order chi connectivity index (χ0) is 17.6. The predicted molar refractivity (Wildman–Crippen MR) is 107 cm³/mol. The van der Waals surface area contributed by atoms with Gasteiger partial charge in [-0.2, -0.15) is 5.10 Å². The molecule has 132 valence electrons. The first-order valence-corrected chi connectivity index (χ1v) is 9.58.